The Morgan fingerprint density at radius 2 is 1.00 bits per heavy atom. The zero-order chi connectivity index (χ0) is 25.2. The van der Waals surface area contributed by atoms with Gasteiger partial charge in [-0.15, -0.1) is 0 Å². The van der Waals surface area contributed by atoms with Gasteiger partial charge < -0.3 is 12.1 Å². The topological polar surface area (TPSA) is 30.0 Å². The summed E-state index contributed by atoms with van der Waals surface area (Å²) in [5, 5.41) is -3.00. The van der Waals surface area contributed by atoms with Gasteiger partial charge in [0.15, 0.2) is 0 Å². The first-order chi connectivity index (χ1) is 12.9. The second-order valence-corrected chi connectivity index (χ2v) is 4.63. The molecule has 33 heavy (non-hydrogen) atoms. The Balaban J connectivity index is -0.0000000244. The average Bonchev–Trinajstić information content (AvgIpc) is 2.54. The predicted octanol–water partition coefficient (Wildman–Crippen LogP) is 7.90. The van der Waals surface area contributed by atoms with Crippen LogP contribution in [0.2, 0.25) is 0 Å². The van der Waals surface area contributed by atoms with Gasteiger partial charge in [-0.3, -0.25) is 0 Å². The Hall–Kier alpha value is 3.18. The van der Waals surface area contributed by atoms with Crippen molar-refractivity contribution in [2.75, 3.05) is 4.43 Å². The number of allylic oxidation sites excluding steroid dienone is 2. The smallest absolute Gasteiger partial charge is 0 e. The molecule has 0 saturated carbocycles. The Bertz CT molecular complexity index is 452. The SMILES string of the molecule is C.C=C(F)F.FC(F)(Cl)CI.FC(F)=CC=C(F)F.FC(F)=CI.[CH-]=C(F)F.[K+].[OH-].[Zn+][I].[Zn]. The molecule has 0 spiro atoms. The Labute approximate surface area is 292 Å². The predicted molar refractivity (Wildman–Crippen MR) is 119 cm³/mol. The summed E-state index contributed by atoms with van der Waals surface area (Å²) >= 11 is 11.0. The van der Waals surface area contributed by atoms with E-state index in [1.807, 2.05) is 0 Å². The van der Waals surface area contributed by atoms with Crippen LogP contribution in [0.1, 0.15) is 7.43 Å². The molecule has 0 saturated heterocycles. The van der Waals surface area contributed by atoms with Crippen molar-refractivity contribution in [3.63, 3.8) is 0 Å². The molecule has 0 aromatic carbocycles. The van der Waals surface area contributed by atoms with E-state index in [2.05, 4.69) is 44.5 Å². The number of hydrogen-bond donors (Lipinski definition) is 0. The van der Waals surface area contributed by atoms with Gasteiger partial charge in [0.25, 0.3) is 24.3 Å². The van der Waals surface area contributed by atoms with Crippen LogP contribution in [-0.4, -0.2) is 15.3 Å². The summed E-state index contributed by atoms with van der Waals surface area (Å²) in [6.07, 6.45) is -9.73. The van der Waals surface area contributed by atoms with Gasteiger partial charge in [0.1, 0.15) is 0 Å². The third-order valence-electron chi connectivity index (χ3n) is 0.569. The molecular formula is C13H13ClF12I3KOZn2. The van der Waals surface area contributed by atoms with Crippen LogP contribution in [0.25, 0.3) is 0 Å². The van der Waals surface area contributed by atoms with Crippen LogP contribution in [0.15, 0.2) is 53.2 Å². The molecule has 0 aliphatic rings. The van der Waals surface area contributed by atoms with Gasteiger partial charge in [-0.25, -0.2) is 8.78 Å². The minimum Gasteiger partial charge on any atom is 0 e. The van der Waals surface area contributed by atoms with Crippen LogP contribution in [0.5, 0.6) is 0 Å². The fourth-order valence-corrected chi connectivity index (χ4v) is 0.126. The molecule has 0 aromatic heterocycles. The summed E-state index contributed by atoms with van der Waals surface area (Å²) in [4.78, 5) is 0. The van der Waals surface area contributed by atoms with Gasteiger partial charge in [-0.05, 0) is 40.8 Å². The summed E-state index contributed by atoms with van der Waals surface area (Å²) < 4.78 is 128. The minimum absolute atomic E-state index is 0. The summed E-state index contributed by atoms with van der Waals surface area (Å²) in [6, 6.07) is 0. The maximum atomic E-state index is 11.2. The second-order valence-electron chi connectivity index (χ2n) is 2.69. The molecule has 0 unspecified atom stereocenters. The largest absolute Gasteiger partial charge is 0 e. The van der Waals surface area contributed by atoms with Gasteiger partial charge in [-0.1, -0.05) is 30.0 Å². The third kappa shape index (κ3) is 223. The van der Waals surface area contributed by atoms with E-state index in [0.717, 1.165) is 4.08 Å². The Morgan fingerprint density at radius 1 is 0.879 bits per heavy atom. The van der Waals surface area contributed by atoms with Crippen molar-refractivity contribution < 1.29 is 144 Å². The Morgan fingerprint density at radius 3 is 1.03 bits per heavy atom. The van der Waals surface area contributed by atoms with E-state index in [4.69, 9.17) is 0 Å². The van der Waals surface area contributed by atoms with Gasteiger partial charge in [0, 0.05) is 35.7 Å². The third-order valence-corrected chi connectivity index (χ3v) is 2.58. The van der Waals surface area contributed by atoms with Crippen LogP contribution in [0, 0.1) is 6.58 Å². The quantitative estimate of drug-likeness (QED) is 0.0692. The molecule has 0 radical (unpaired) electrons. The Kier molecular flexibility index (Phi) is 102. The maximum Gasteiger partial charge on any atom is 0 e. The summed E-state index contributed by atoms with van der Waals surface area (Å²) in [5.41, 5.74) is 0. The summed E-state index contributed by atoms with van der Waals surface area (Å²) in [7, 11) is 0. The zero-order valence-electron chi connectivity index (χ0n) is 15.6. The van der Waals surface area contributed by atoms with Crippen molar-refractivity contribution in [1.82, 2.24) is 0 Å². The molecule has 0 atom stereocenters. The van der Waals surface area contributed by atoms with Crippen LogP contribution < -0.4 is 51.4 Å². The van der Waals surface area contributed by atoms with Gasteiger partial charge >= 0.3 is 91.3 Å². The average molecular weight is 999 g/mol. The zero-order valence-corrected chi connectivity index (χ0v) is 31.9. The first kappa shape index (κ1) is 65.3. The molecule has 0 aromatic rings. The molecular weight excluding hydrogens is 986 g/mol. The van der Waals surface area contributed by atoms with E-state index < -0.39 is 35.8 Å². The number of alkyl halides is 4. The van der Waals surface area contributed by atoms with Crippen LogP contribution in [0.4, 0.5) is 52.7 Å². The van der Waals surface area contributed by atoms with Crippen molar-refractivity contribution in [2.45, 2.75) is 12.8 Å². The van der Waals surface area contributed by atoms with Crippen molar-refractivity contribution >= 4 is 76.5 Å². The molecule has 0 bridgehead atoms. The van der Waals surface area contributed by atoms with Crippen LogP contribution >= 0.6 is 76.5 Å². The standard InChI is InChI=1S/C4H2F4.C2H2ClF2I.C2HF2I.C2H2F2.C2HF2.CH4.HI.K.H2O.2Zn/c5-3(6)1-2-4(7)8;3-2(4,5)1-6;3-2(4)1-5;2*1-2(3)4;;;;;;/h1-2H;1H2;1H;1H2;1H;1H4;1H;;1H2;;/q;;;;-1;;;+1;;;+2/p-2. The van der Waals surface area contributed by atoms with Crippen molar-refractivity contribution in [2.24, 2.45) is 0 Å². The molecule has 20 heteroatoms. The fraction of sp³-hybridized carbons (Fsp3) is 0.231. The molecule has 0 aliphatic carbocycles. The summed E-state index contributed by atoms with van der Waals surface area (Å²) in [6.45, 7) is 5.92. The van der Waals surface area contributed by atoms with Gasteiger partial charge in [0.05, 0.1) is 10.5 Å². The van der Waals surface area contributed by atoms with E-state index in [-0.39, 0.29) is 100 Å². The molecule has 0 rings (SSSR count). The monoisotopic (exact) mass is 996 g/mol. The van der Waals surface area contributed by atoms with E-state index in [1.165, 1.54) is 60.0 Å². The van der Waals surface area contributed by atoms with Gasteiger partial charge in [0.2, 0.25) is 0 Å². The van der Waals surface area contributed by atoms with E-state index in [0.29, 0.717) is 0 Å². The molecule has 0 fully saturated rings. The number of halogens is 16. The van der Waals surface area contributed by atoms with Crippen molar-refractivity contribution in [1.29, 1.82) is 0 Å². The first-order valence-corrected chi connectivity index (χ1v) is 17.6. The van der Waals surface area contributed by atoms with Crippen LogP contribution in [0.3, 0.4) is 0 Å². The molecule has 188 valence electrons. The molecule has 0 amide bonds. The van der Waals surface area contributed by atoms with Crippen molar-refractivity contribution in [3.8, 4) is 0 Å². The molecule has 0 heterocycles. The fourth-order valence-electron chi connectivity index (χ4n) is 0.126. The van der Waals surface area contributed by atoms with Gasteiger partial charge in [-0.2, -0.15) is 43.9 Å². The summed E-state index contributed by atoms with van der Waals surface area (Å²) in [5.74, 6) is 0. The molecule has 0 aliphatic heterocycles. The normalized spacial score (nSPS) is 6.97. The van der Waals surface area contributed by atoms with E-state index in [1.54, 1.807) is 0 Å². The minimum atomic E-state index is -3.00. The number of hydrogen-bond acceptors (Lipinski definition) is 1. The van der Waals surface area contributed by atoms with E-state index in [9.17, 15) is 52.7 Å². The molecule has 1 N–H and O–H groups in total. The van der Waals surface area contributed by atoms with Crippen molar-refractivity contribution in [3.05, 3.63) is 59.8 Å². The number of rotatable bonds is 2. The first-order valence-electron chi connectivity index (χ1n) is 5.40. The van der Waals surface area contributed by atoms with E-state index >= 15 is 0 Å². The molecule has 1 nitrogen and oxygen atoms in total. The van der Waals surface area contributed by atoms with Crippen LogP contribution in [-0.2, 0) is 34.3 Å². The maximum absolute atomic E-state index is 11.2. The second kappa shape index (κ2) is 51.8.